The molecule has 4 heterocycles. The van der Waals surface area contributed by atoms with Crippen LogP contribution >= 0.6 is 0 Å². The molecule has 1 aliphatic heterocycles. The third-order valence-corrected chi connectivity index (χ3v) is 6.62. The van der Waals surface area contributed by atoms with E-state index in [-0.39, 0.29) is 16.9 Å². The number of imidazole rings is 1. The Morgan fingerprint density at radius 1 is 1.16 bits per heavy atom. The summed E-state index contributed by atoms with van der Waals surface area (Å²) in [6, 6.07) is 4.45. The first-order valence-electron chi connectivity index (χ1n) is 10.9. The first kappa shape index (κ1) is 19.6. The summed E-state index contributed by atoms with van der Waals surface area (Å²) >= 11 is 0. The maximum absolute atomic E-state index is 14.1. The molecule has 1 saturated carbocycles. The van der Waals surface area contributed by atoms with Crippen molar-refractivity contribution in [3.05, 3.63) is 46.5 Å². The molecule has 0 radical (unpaired) electrons. The van der Waals surface area contributed by atoms with Gasteiger partial charge < -0.3 is 13.8 Å². The number of ether oxygens (including phenoxy) is 1. The summed E-state index contributed by atoms with van der Waals surface area (Å²) in [7, 11) is 0. The monoisotopic (exact) mass is 438 g/mol. The van der Waals surface area contributed by atoms with E-state index in [1.807, 2.05) is 0 Å². The molecule has 0 unspecified atom stereocenters. The van der Waals surface area contributed by atoms with E-state index < -0.39 is 5.82 Å². The maximum Gasteiger partial charge on any atom is 0.279 e. The third kappa shape index (κ3) is 3.13. The molecule has 32 heavy (non-hydrogen) atoms. The van der Waals surface area contributed by atoms with Crippen LogP contribution in [0.4, 0.5) is 4.39 Å². The van der Waals surface area contributed by atoms with Gasteiger partial charge in [-0.05, 0) is 31.0 Å². The van der Waals surface area contributed by atoms with Crippen LogP contribution in [0.1, 0.15) is 25.6 Å². The zero-order chi connectivity index (χ0) is 21.9. The third-order valence-electron chi connectivity index (χ3n) is 6.62. The predicted octanol–water partition coefficient (Wildman–Crippen LogP) is 2.22. The van der Waals surface area contributed by atoms with Crippen LogP contribution in [0.2, 0.25) is 0 Å². The molecule has 1 aliphatic carbocycles. The Morgan fingerprint density at radius 3 is 2.75 bits per heavy atom. The van der Waals surface area contributed by atoms with Crippen molar-refractivity contribution in [2.45, 2.75) is 31.7 Å². The van der Waals surface area contributed by atoms with Gasteiger partial charge in [0.1, 0.15) is 17.7 Å². The lowest BCUT2D eigenvalue weighted by molar-refractivity contribution is 0.0364. The van der Waals surface area contributed by atoms with Crippen LogP contribution in [-0.4, -0.2) is 61.8 Å². The molecular weight excluding hydrogens is 415 g/mol. The molecule has 10 heteroatoms. The predicted molar refractivity (Wildman–Crippen MR) is 114 cm³/mol. The average molecular weight is 438 g/mol. The maximum atomic E-state index is 14.1. The van der Waals surface area contributed by atoms with E-state index >= 15 is 0 Å². The van der Waals surface area contributed by atoms with Crippen molar-refractivity contribution in [1.82, 2.24) is 29.0 Å². The lowest BCUT2D eigenvalue weighted by Crippen LogP contribution is -2.39. The van der Waals surface area contributed by atoms with Crippen molar-refractivity contribution < 1.29 is 13.7 Å². The van der Waals surface area contributed by atoms with E-state index in [0.29, 0.717) is 54.4 Å². The highest BCUT2D eigenvalue weighted by molar-refractivity contribution is 5.83. The molecule has 0 bridgehead atoms. The van der Waals surface area contributed by atoms with Gasteiger partial charge in [0.15, 0.2) is 11.5 Å². The summed E-state index contributed by atoms with van der Waals surface area (Å²) in [6.45, 7) is 6.15. The second-order valence-electron chi connectivity index (χ2n) is 8.84. The van der Waals surface area contributed by atoms with Gasteiger partial charge in [0.2, 0.25) is 0 Å². The van der Waals surface area contributed by atoms with Gasteiger partial charge in [-0.2, -0.15) is 4.98 Å². The van der Waals surface area contributed by atoms with Gasteiger partial charge in [0, 0.05) is 31.6 Å². The summed E-state index contributed by atoms with van der Waals surface area (Å²) in [5.74, 6) is 0.481. The van der Waals surface area contributed by atoms with Gasteiger partial charge in [-0.25, -0.2) is 9.37 Å². The van der Waals surface area contributed by atoms with Gasteiger partial charge in [-0.15, -0.1) is 0 Å². The van der Waals surface area contributed by atoms with Crippen molar-refractivity contribution in [2.75, 3.05) is 32.8 Å². The summed E-state index contributed by atoms with van der Waals surface area (Å²) in [5, 5.41) is 4.12. The number of benzene rings is 1. The minimum Gasteiger partial charge on any atom is -0.379 e. The normalized spacial score (nSPS) is 18.6. The standard InChI is InChI=1S/C22H23FN6O3/c1-22(4-5-22)21-25-19(32-26-21)17-18-20(30)28(7-6-27-8-10-31-11-9-27)16-12-14(23)2-3-15(16)29(18)13-24-17/h2-3,12-13H,4-11H2,1H3. The Bertz CT molecular complexity index is 1380. The fraction of sp³-hybridized carbons (Fsp3) is 0.455. The Hall–Kier alpha value is -3.11. The van der Waals surface area contributed by atoms with E-state index in [2.05, 4.69) is 26.9 Å². The Kier molecular flexibility index (Phi) is 4.41. The molecule has 9 nitrogen and oxygen atoms in total. The van der Waals surface area contributed by atoms with Crippen LogP contribution in [0.25, 0.3) is 28.1 Å². The van der Waals surface area contributed by atoms with Gasteiger partial charge in [0.05, 0.1) is 24.2 Å². The number of fused-ring (bicyclic) bond motifs is 3. The van der Waals surface area contributed by atoms with Crippen LogP contribution in [-0.2, 0) is 16.7 Å². The zero-order valence-electron chi connectivity index (χ0n) is 17.8. The van der Waals surface area contributed by atoms with Crippen molar-refractivity contribution in [3.63, 3.8) is 0 Å². The van der Waals surface area contributed by atoms with Crippen LogP contribution in [0.3, 0.4) is 0 Å². The highest BCUT2D eigenvalue weighted by Crippen LogP contribution is 2.46. The van der Waals surface area contributed by atoms with Crippen molar-refractivity contribution in [1.29, 1.82) is 0 Å². The molecule has 2 aliphatic rings. The molecule has 3 aromatic heterocycles. The second kappa shape index (κ2) is 7.21. The van der Waals surface area contributed by atoms with Crippen LogP contribution in [0.15, 0.2) is 33.8 Å². The second-order valence-corrected chi connectivity index (χ2v) is 8.84. The molecule has 2 fully saturated rings. The molecular formula is C22H23FN6O3. The SMILES string of the molecule is CC1(c2noc(-c3ncn4c3c(=O)n(CCN3CCOCC3)c3cc(F)ccc34)n2)CC1. The highest BCUT2D eigenvalue weighted by atomic mass is 19.1. The van der Waals surface area contributed by atoms with E-state index in [1.165, 1.54) is 12.1 Å². The van der Waals surface area contributed by atoms with Gasteiger partial charge in [-0.1, -0.05) is 12.1 Å². The molecule has 0 spiro atoms. The van der Waals surface area contributed by atoms with Gasteiger partial charge in [0.25, 0.3) is 11.4 Å². The molecule has 6 rings (SSSR count). The Labute approximate surface area is 182 Å². The first-order chi connectivity index (χ1) is 15.5. The average Bonchev–Trinajstić information content (AvgIpc) is 3.19. The molecule has 1 aromatic carbocycles. The Morgan fingerprint density at radius 2 is 1.97 bits per heavy atom. The number of hydrogen-bond donors (Lipinski definition) is 0. The lowest BCUT2D eigenvalue weighted by atomic mass is 10.1. The number of nitrogens with zero attached hydrogens (tertiary/aromatic N) is 6. The number of rotatable bonds is 5. The smallest absolute Gasteiger partial charge is 0.279 e. The number of halogens is 1. The fourth-order valence-corrected chi connectivity index (χ4v) is 4.31. The van der Waals surface area contributed by atoms with Crippen molar-refractivity contribution in [3.8, 4) is 11.6 Å². The molecule has 0 N–H and O–H groups in total. The molecule has 0 amide bonds. The molecule has 166 valence electrons. The molecule has 0 atom stereocenters. The van der Waals surface area contributed by atoms with Crippen LogP contribution in [0, 0.1) is 5.82 Å². The molecule has 1 saturated heterocycles. The topological polar surface area (TPSA) is 90.7 Å². The zero-order valence-corrected chi connectivity index (χ0v) is 17.8. The van der Waals surface area contributed by atoms with Gasteiger partial charge >= 0.3 is 0 Å². The van der Waals surface area contributed by atoms with Crippen molar-refractivity contribution in [2.24, 2.45) is 0 Å². The summed E-state index contributed by atoms with van der Waals surface area (Å²) in [6.07, 6.45) is 3.59. The summed E-state index contributed by atoms with van der Waals surface area (Å²) in [4.78, 5) is 24.9. The summed E-state index contributed by atoms with van der Waals surface area (Å²) < 4.78 is 28.3. The van der Waals surface area contributed by atoms with Crippen LogP contribution < -0.4 is 5.56 Å². The minimum atomic E-state index is -0.393. The first-order valence-corrected chi connectivity index (χ1v) is 10.9. The van der Waals surface area contributed by atoms with E-state index in [0.717, 1.165) is 25.9 Å². The summed E-state index contributed by atoms with van der Waals surface area (Å²) in [5.41, 5.74) is 1.60. The van der Waals surface area contributed by atoms with E-state index in [1.54, 1.807) is 21.4 Å². The van der Waals surface area contributed by atoms with Gasteiger partial charge in [-0.3, -0.25) is 14.1 Å². The van der Waals surface area contributed by atoms with Crippen molar-refractivity contribution >= 4 is 16.6 Å². The van der Waals surface area contributed by atoms with Crippen LogP contribution in [0.5, 0.6) is 0 Å². The number of morpholine rings is 1. The number of hydrogen-bond acceptors (Lipinski definition) is 7. The minimum absolute atomic E-state index is 0.0557. The molecule has 4 aromatic rings. The number of aromatic nitrogens is 5. The quantitative estimate of drug-likeness (QED) is 0.472. The fourth-order valence-electron chi connectivity index (χ4n) is 4.31. The highest BCUT2D eigenvalue weighted by Gasteiger charge is 2.44. The Balaban J connectivity index is 1.49. The lowest BCUT2D eigenvalue weighted by Gasteiger charge is -2.27. The van der Waals surface area contributed by atoms with E-state index in [4.69, 9.17) is 9.26 Å². The largest absolute Gasteiger partial charge is 0.379 e. The van der Waals surface area contributed by atoms with E-state index in [9.17, 15) is 9.18 Å².